The topological polar surface area (TPSA) is 58.1 Å². The van der Waals surface area contributed by atoms with Crippen LogP contribution in [0.5, 0.6) is 0 Å². The van der Waals surface area contributed by atoms with Gasteiger partial charge in [-0.25, -0.2) is 4.39 Å². The molecule has 2 aliphatic heterocycles. The number of benzene rings is 1. The van der Waals surface area contributed by atoms with E-state index in [4.69, 9.17) is 9.47 Å². The Morgan fingerprint density at radius 2 is 2.00 bits per heavy atom. The molecule has 0 spiro atoms. The van der Waals surface area contributed by atoms with Gasteiger partial charge >= 0.3 is 0 Å². The maximum Gasteiger partial charge on any atom is 0.191 e. The van der Waals surface area contributed by atoms with E-state index < -0.39 is 0 Å². The molecule has 8 heteroatoms. The van der Waals surface area contributed by atoms with Crippen molar-refractivity contribution >= 4 is 29.9 Å². The monoisotopic (exact) mass is 534 g/mol. The first kappa shape index (κ1) is 25.3. The average Bonchev–Trinajstić information content (AvgIpc) is 3.24. The van der Waals surface area contributed by atoms with E-state index in [1.807, 2.05) is 12.1 Å². The second-order valence-corrected chi connectivity index (χ2v) is 7.79. The van der Waals surface area contributed by atoms with E-state index in [2.05, 4.69) is 27.4 Å². The van der Waals surface area contributed by atoms with E-state index in [1.54, 1.807) is 0 Å². The molecule has 2 saturated heterocycles. The van der Waals surface area contributed by atoms with Crippen LogP contribution in [-0.2, 0) is 16.0 Å². The minimum Gasteiger partial charge on any atom is -0.377 e. The minimum atomic E-state index is -0.177. The van der Waals surface area contributed by atoms with Gasteiger partial charge in [-0.3, -0.25) is 9.89 Å². The molecule has 2 N–H and O–H groups in total. The van der Waals surface area contributed by atoms with Crippen LogP contribution in [0.25, 0.3) is 0 Å². The molecule has 0 saturated carbocycles. The molecule has 0 amide bonds. The quantitative estimate of drug-likeness (QED) is 0.221. The molecule has 1 aromatic rings. The maximum atomic E-state index is 13.1. The molecule has 170 valence electrons. The van der Waals surface area contributed by atoms with Gasteiger partial charge in [0.2, 0.25) is 0 Å². The van der Waals surface area contributed by atoms with Crippen LogP contribution in [0.3, 0.4) is 0 Å². The average molecular weight is 534 g/mol. The SMILES string of the molecule is CCNC(=NCCOCC1CCCO1)NC1CCN(Cc2ccc(F)cc2)CC1.I. The Hall–Kier alpha value is -0.970. The third kappa shape index (κ3) is 9.03. The predicted octanol–water partition coefficient (Wildman–Crippen LogP) is 3.16. The summed E-state index contributed by atoms with van der Waals surface area (Å²) < 4.78 is 24.3. The van der Waals surface area contributed by atoms with Crippen LogP contribution >= 0.6 is 24.0 Å². The van der Waals surface area contributed by atoms with Gasteiger partial charge in [0.15, 0.2) is 5.96 Å². The summed E-state index contributed by atoms with van der Waals surface area (Å²) >= 11 is 0. The summed E-state index contributed by atoms with van der Waals surface area (Å²) in [6.45, 7) is 8.65. The highest BCUT2D eigenvalue weighted by Crippen LogP contribution is 2.14. The first-order chi connectivity index (χ1) is 14.2. The maximum absolute atomic E-state index is 13.1. The van der Waals surface area contributed by atoms with E-state index in [1.165, 1.54) is 12.1 Å². The molecule has 0 aliphatic carbocycles. The van der Waals surface area contributed by atoms with Crippen molar-refractivity contribution in [1.82, 2.24) is 15.5 Å². The Morgan fingerprint density at radius 3 is 2.67 bits per heavy atom. The molecule has 0 radical (unpaired) electrons. The van der Waals surface area contributed by atoms with E-state index in [-0.39, 0.29) is 35.9 Å². The predicted molar refractivity (Wildman–Crippen MR) is 129 cm³/mol. The van der Waals surface area contributed by atoms with E-state index >= 15 is 0 Å². The lowest BCUT2D eigenvalue weighted by Crippen LogP contribution is -2.48. The first-order valence-electron chi connectivity index (χ1n) is 10.9. The van der Waals surface area contributed by atoms with Crippen LogP contribution in [0.15, 0.2) is 29.3 Å². The Kier molecular flexibility index (Phi) is 11.9. The molecule has 30 heavy (non-hydrogen) atoms. The highest BCUT2D eigenvalue weighted by atomic mass is 127. The summed E-state index contributed by atoms with van der Waals surface area (Å²) in [6.07, 6.45) is 4.66. The van der Waals surface area contributed by atoms with Gasteiger partial charge in [0.1, 0.15) is 5.82 Å². The van der Waals surface area contributed by atoms with Crippen LogP contribution in [0.4, 0.5) is 4.39 Å². The van der Waals surface area contributed by atoms with Gasteiger partial charge in [0, 0.05) is 38.8 Å². The van der Waals surface area contributed by atoms with Gasteiger partial charge in [-0.1, -0.05) is 12.1 Å². The number of halogens is 2. The number of likely N-dealkylation sites (tertiary alicyclic amines) is 1. The third-order valence-electron chi connectivity index (χ3n) is 5.43. The fourth-order valence-electron chi connectivity index (χ4n) is 3.81. The molecular weight excluding hydrogens is 498 g/mol. The van der Waals surface area contributed by atoms with Gasteiger partial charge in [-0.15, -0.1) is 24.0 Å². The summed E-state index contributed by atoms with van der Waals surface area (Å²) in [5.41, 5.74) is 1.16. The van der Waals surface area contributed by atoms with Crippen LogP contribution in [0, 0.1) is 5.82 Å². The number of nitrogens with zero attached hydrogens (tertiary/aromatic N) is 2. The van der Waals surface area contributed by atoms with Gasteiger partial charge in [0.25, 0.3) is 0 Å². The van der Waals surface area contributed by atoms with E-state index in [9.17, 15) is 4.39 Å². The zero-order valence-corrected chi connectivity index (χ0v) is 20.3. The van der Waals surface area contributed by atoms with E-state index in [0.29, 0.717) is 25.8 Å². The van der Waals surface area contributed by atoms with Crippen molar-refractivity contribution in [3.8, 4) is 0 Å². The Bertz CT molecular complexity index is 618. The van der Waals surface area contributed by atoms with Crippen LogP contribution < -0.4 is 10.6 Å². The number of piperidine rings is 1. The molecule has 0 bridgehead atoms. The summed E-state index contributed by atoms with van der Waals surface area (Å²) in [5, 5.41) is 6.89. The summed E-state index contributed by atoms with van der Waals surface area (Å²) in [6, 6.07) is 7.23. The van der Waals surface area contributed by atoms with Gasteiger partial charge in [-0.05, 0) is 50.3 Å². The van der Waals surface area contributed by atoms with E-state index in [0.717, 1.165) is 70.0 Å². The summed E-state index contributed by atoms with van der Waals surface area (Å²) in [7, 11) is 0. The minimum absolute atomic E-state index is 0. The standard InChI is InChI=1S/C22H35FN4O2.HI/c1-2-24-22(25-11-15-28-17-21-4-3-14-29-21)26-20-9-12-27(13-10-20)16-18-5-7-19(23)8-6-18;/h5-8,20-21H,2-4,9-17H2,1H3,(H2,24,25,26);1H. The van der Waals surface area contributed by atoms with Crippen molar-refractivity contribution in [2.24, 2.45) is 4.99 Å². The molecule has 1 unspecified atom stereocenters. The van der Waals surface area contributed by atoms with Crippen LogP contribution in [-0.4, -0.2) is 69.0 Å². The zero-order valence-electron chi connectivity index (χ0n) is 17.9. The smallest absolute Gasteiger partial charge is 0.191 e. The summed E-state index contributed by atoms with van der Waals surface area (Å²) in [5.74, 6) is 0.689. The van der Waals surface area contributed by atoms with Crippen molar-refractivity contribution in [1.29, 1.82) is 0 Å². The van der Waals surface area contributed by atoms with Crippen molar-refractivity contribution in [3.63, 3.8) is 0 Å². The number of hydrogen-bond acceptors (Lipinski definition) is 4. The first-order valence-corrected chi connectivity index (χ1v) is 10.9. The molecule has 3 rings (SSSR count). The third-order valence-corrected chi connectivity index (χ3v) is 5.43. The van der Waals surface area contributed by atoms with Crippen LogP contribution in [0.1, 0.15) is 38.2 Å². The lowest BCUT2D eigenvalue weighted by Gasteiger charge is -2.33. The largest absolute Gasteiger partial charge is 0.377 e. The number of nitrogens with one attached hydrogen (secondary N) is 2. The molecule has 0 aromatic heterocycles. The van der Waals surface area contributed by atoms with Crippen molar-refractivity contribution < 1.29 is 13.9 Å². The van der Waals surface area contributed by atoms with Gasteiger partial charge < -0.3 is 20.1 Å². The number of hydrogen-bond donors (Lipinski definition) is 2. The second-order valence-electron chi connectivity index (χ2n) is 7.79. The normalized spacial score (nSPS) is 20.7. The number of aliphatic imine (C=N–C) groups is 1. The lowest BCUT2D eigenvalue weighted by atomic mass is 10.0. The van der Waals surface area contributed by atoms with Crippen molar-refractivity contribution in [2.45, 2.75) is 51.3 Å². The molecule has 2 fully saturated rings. The Balaban J connectivity index is 0.00000320. The Labute approximate surface area is 197 Å². The Morgan fingerprint density at radius 1 is 1.23 bits per heavy atom. The van der Waals surface area contributed by atoms with Gasteiger partial charge in [0.05, 0.1) is 25.9 Å². The fraction of sp³-hybridized carbons (Fsp3) is 0.682. The molecule has 1 aromatic carbocycles. The lowest BCUT2D eigenvalue weighted by molar-refractivity contribution is 0.0200. The second kappa shape index (κ2) is 14.2. The van der Waals surface area contributed by atoms with Gasteiger partial charge in [-0.2, -0.15) is 0 Å². The number of ether oxygens (including phenoxy) is 2. The molecular formula is C22H36FIN4O2. The number of guanidine groups is 1. The molecule has 2 heterocycles. The molecule has 6 nitrogen and oxygen atoms in total. The highest BCUT2D eigenvalue weighted by Gasteiger charge is 2.20. The van der Waals surface area contributed by atoms with Crippen LogP contribution in [0.2, 0.25) is 0 Å². The highest BCUT2D eigenvalue weighted by molar-refractivity contribution is 14.0. The zero-order chi connectivity index (χ0) is 20.3. The fourth-order valence-corrected chi connectivity index (χ4v) is 3.81. The van der Waals surface area contributed by atoms with Crippen molar-refractivity contribution in [3.05, 3.63) is 35.6 Å². The molecule has 1 atom stereocenters. The van der Waals surface area contributed by atoms with Crippen molar-refractivity contribution in [2.75, 3.05) is 46.0 Å². The number of rotatable bonds is 9. The summed E-state index contributed by atoms with van der Waals surface area (Å²) in [4.78, 5) is 7.07. The molecule has 2 aliphatic rings.